The van der Waals surface area contributed by atoms with Crippen LogP contribution in [0.15, 0.2) is 36.0 Å². The Morgan fingerprint density at radius 1 is 1.26 bits per heavy atom. The fourth-order valence-electron chi connectivity index (χ4n) is 3.69. The molecule has 1 saturated carbocycles. The monoisotopic (exact) mass is 509 g/mol. The van der Waals surface area contributed by atoms with E-state index < -0.39 is 12.1 Å². The molecule has 2 aliphatic rings. The summed E-state index contributed by atoms with van der Waals surface area (Å²) in [6.45, 7) is 3.56. The molecule has 1 aromatic carbocycles. The van der Waals surface area contributed by atoms with Crippen molar-refractivity contribution in [1.82, 2.24) is 20.5 Å². The molecule has 2 aromatic heterocycles. The minimum absolute atomic E-state index is 0.0347. The van der Waals surface area contributed by atoms with Gasteiger partial charge in [0.2, 0.25) is 5.91 Å². The van der Waals surface area contributed by atoms with Crippen LogP contribution in [0.25, 0.3) is 10.2 Å². The molecule has 0 bridgehead atoms. The van der Waals surface area contributed by atoms with E-state index in [-0.39, 0.29) is 24.0 Å². The number of aromatic nitrogens is 3. The number of nitrogens with zero attached hydrogens (tertiary/aromatic N) is 4. The van der Waals surface area contributed by atoms with E-state index in [1.54, 1.807) is 17.5 Å². The number of para-hydroxylation sites is 1. The molecular weight excluding hydrogens is 487 g/mol. The molecule has 3 aromatic rings. The molecule has 0 atom stereocenters. The van der Waals surface area contributed by atoms with Crippen molar-refractivity contribution in [3.63, 3.8) is 0 Å². The van der Waals surface area contributed by atoms with Crippen molar-refractivity contribution in [3.8, 4) is 5.75 Å². The molecule has 3 heterocycles. The van der Waals surface area contributed by atoms with Crippen molar-refractivity contribution in [1.29, 1.82) is 0 Å². The number of rotatable bonds is 5. The van der Waals surface area contributed by atoms with E-state index in [2.05, 4.69) is 25.4 Å². The second-order valence-corrected chi connectivity index (χ2v) is 9.25. The number of ether oxygens (including phenoxy) is 1. The number of hydrogen-bond acceptors (Lipinski definition) is 8. The van der Waals surface area contributed by atoms with Gasteiger partial charge in [-0.1, -0.05) is 6.07 Å². The summed E-state index contributed by atoms with van der Waals surface area (Å²) in [6, 6.07) is 8.17. The molecule has 1 aliphatic carbocycles. The fraction of sp³-hybridized carbons (Fsp3) is 0.409. The van der Waals surface area contributed by atoms with Crippen molar-refractivity contribution < 1.29 is 32.6 Å². The van der Waals surface area contributed by atoms with E-state index in [4.69, 9.17) is 14.6 Å². The number of anilines is 1. The largest absolute Gasteiger partial charge is 0.490 e. The number of aryl methyl sites for hydroxylation is 1. The van der Waals surface area contributed by atoms with Crippen LogP contribution >= 0.6 is 11.3 Å². The summed E-state index contributed by atoms with van der Waals surface area (Å²) in [7, 11) is 0. The minimum atomic E-state index is -5.08. The SMILES string of the molecule is Cc1cnnc(N2CC(NC(=O)C3CC(Oc4cccc5scnc45)C3)C2)c1.O=C(O)C(F)(F)F. The highest BCUT2D eigenvalue weighted by molar-refractivity contribution is 7.16. The summed E-state index contributed by atoms with van der Waals surface area (Å²) >= 11 is 1.61. The third-order valence-corrected chi connectivity index (χ3v) is 6.45. The number of amides is 1. The zero-order valence-electron chi connectivity index (χ0n) is 18.5. The fourth-order valence-corrected chi connectivity index (χ4v) is 4.38. The molecule has 1 aliphatic heterocycles. The van der Waals surface area contributed by atoms with Gasteiger partial charge in [-0.25, -0.2) is 9.78 Å². The lowest BCUT2D eigenvalue weighted by molar-refractivity contribution is -0.192. The summed E-state index contributed by atoms with van der Waals surface area (Å²) < 4.78 is 38.9. The van der Waals surface area contributed by atoms with E-state index in [1.165, 1.54) is 0 Å². The number of aliphatic carboxylic acids is 1. The van der Waals surface area contributed by atoms with Crippen molar-refractivity contribution in [2.24, 2.45) is 5.92 Å². The maximum Gasteiger partial charge on any atom is 0.490 e. The molecule has 1 amide bonds. The van der Waals surface area contributed by atoms with Crippen LogP contribution in [0.3, 0.4) is 0 Å². The van der Waals surface area contributed by atoms with Gasteiger partial charge in [-0.3, -0.25) is 4.79 Å². The van der Waals surface area contributed by atoms with Gasteiger partial charge < -0.3 is 20.1 Å². The Kier molecular flexibility index (Phi) is 7.05. The third kappa shape index (κ3) is 5.96. The Bertz CT molecular complexity index is 1210. The lowest BCUT2D eigenvalue weighted by Crippen LogP contribution is -2.61. The Balaban J connectivity index is 0.000000364. The number of fused-ring (bicyclic) bond motifs is 1. The summed E-state index contributed by atoms with van der Waals surface area (Å²) in [5.74, 6) is -0.901. The average Bonchev–Trinajstić information content (AvgIpc) is 3.22. The van der Waals surface area contributed by atoms with Gasteiger partial charge in [-0.15, -0.1) is 16.4 Å². The second kappa shape index (κ2) is 10.0. The standard InChI is InChI=1S/C20H21N5O2S.C2HF3O2/c1-12-5-18(24-22-8-12)25-9-14(10-25)23-20(26)13-6-15(7-13)27-16-3-2-4-17-19(16)21-11-28-17;3-2(4,5)1(6)7/h2-5,8,11,13-15H,6-7,9-10H2,1H3,(H,23,26);(H,6,7). The van der Waals surface area contributed by atoms with Crippen molar-refractivity contribution >= 4 is 39.2 Å². The summed E-state index contributed by atoms with van der Waals surface area (Å²) in [5, 5.41) is 18.4. The number of carboxylic acids is 1. The Labute approximate surface area is 201 Å². The molecule has 0 unspecified atom stereocenters. The molecule has 5 rings (SSSR count). The van der Waals surface area contributed by atoms with Gasteiger partial charge in [-0.05, 0) is 43.5 Å². The molecule has 186 valence electrons. The van der Waals surface area contributed by atoms with Crippen molar-refractivity contribution in [2.45, 2.75) is 38.1 Å². The first-order valence-electron chi connectivity index (χ1n) is 10.7. The second-order valence-electron chi connectivity index (χ2n) is 8.37. The molecule has 9 nitrogen and oxygen atoms in total. The predicted octanol–water partition coefficient (Wildman–Crippen LogP) is 3.19. The van der Waals surface area contributed by atoms with E-state index in [9.17, 15) is 18.0 Å². The lowest BCUT2D eigenvalue weighted by Gasteiger charge is -2.42. The number of carbonyl (C=O) groups excluding carboxylic acids is 1. The molecule has 13 heteroatoms. The Morgan fingerprint density at radius 3 is 2.63 bits per heavy atom. The maximum absolute atomic E-state index is 12.5. The lowest BCUT2D eigenvalue weighted by atomic mass is 9.81. The third-order valence-electron chi connectivity index (χ3n) is 5.66. The zero-order valence-corrected chi connectivity index (χ0v) is 19.3. The summed E-state index contributed by atoms with van der Waals surface area (Å²) in [6.07, 6.45) is -1.74. The molecule has 1 saturated heterocycles. The van der Waals surface area contributed by atoms with Crippen LogP contribution in [0.4, 0.5) is 19.0 Å². The van der Waals surface area contributed by atoms with Gasteiger partial charge in [0.1, 0.15) is 17.4 Å². The molecule has 2 fully saturated rings. The highest BCUT2D eigenvalue weighted by Crippen LogP contribution is 2.35. The van der Waals surface area contributed by atoms with Crippen LogP contribution < -0.4 is 15.0 Å². The van der Waals surface area contributed by atoms with Crippen molar-refractivity contribution in [2.75, 3.05) is 18.0 Å². The Hall–Kier alpha value is -3.48. The van der Waals surface area contributed by atoms with E-state index in [0.717, 1.165) is 53.3 Å². The zero-order chi connectivity index (χ0) is 25.2. The first kappa shape index (κ1) is 24.6. The van der Waals surface area contributed by atoms with E-state index >= 15 is 0 Å². The molecule has 0 spiro atoms. The topological polar surface area (TPSA) is 118 Å². The van der Waals surface area contributed by atoms with Crippen molar-refractivity contribution in [3.05, 3.63) is 41.5 Å². The van der Waals surface area contributed by atoms with Gasteiger partial charge in [-0.2, -0.15) is 18.3 Å². The number of halogens is 3. The average molecular weight is 510 g/mol. The van der Waals surface area contributed by atoms with Gasteiger partial charge in [0.15, 0.2) is 5.82 Å². The predicted molar refractivity (Wildman–Crippen MR) is 121 cm³/mol. The maximum atomic E-state index is 12.5. The van der Waals surface area contributed by atoms with E-state index in [0.29, 0.717) is 0 Å². The summed E-state index contributed by atoms with van der Waals surface area (Å²) in [4.78, 5) is 27.9. The number of carboxylic acid groups (broad SMARTS) is 1. The molecule has 2 N–H and O–H groups in total. The molecule has 35 heavy (non-hydrogen) atoms. The number of benzene rings is 1. The first-order valence-corrected chi connectivity index (χ1v) is 11.6. The number of hydrogen-bond donors (Lipinski definition) is 2. The quantitative estimate of drug-likeness (QED) is 0.539. The van der Waals surface area contributed by atoms with E-state index in [1.807, 2.05) is 36.7 Å². The van der Waals surface area contributed by atoms with Crippen LogP contribution in [0, 0.1) is 12.8 Å². The normalized spacial score (nSPS) is 19.7. The highest BCUT2D eigenvalue weighted by Gasteiger charge is 2.39. The minimum Gasteiger partial charge on any atom is -0.488 e. The molecule has 0 radical (unpaired) electrons. The van der Waals surface area contributed by atoms with Gasteiger partial charge >= 0.3 is 12.1 Å². The number of nitrogens with one attached hydrogen (secondary N) is 1. The van der Waals surface area contributed by atoms with Crippen LogP contribution in [-0.2, 0) is 9.59 Å². The van der Waals surface area contributed by atoms with Gasteiger partial charge in [0.25, 0.3) is 0 Å². The van der Waals surface area contributed by atoms with Gasteiger partial charge in [0.05, 0.1) is 22.4 Å². The number of alkyl halides is 3. The highest BCUT2D eigenvalue weighted by atomic mass is 32.1. The van der Waals surface area contributed by atoms with Crippen LogP contribution in [0.1, 0.15) is 18.4 Å². The van der Waals surface area contributed by atoms with Crippen LogP contribution in [-0.4, -0.2) is 63.6 Å². The van der Waals surface area contributed by atoms with Crippen LogP contribution in [0.2, 0.25) is 0 Å². The number of thiazole rings is 1. The van der Waals surface area contributed by atoms with Gasteiger partial charge in [0, 0.05) is 19.0 Å². The summed E-state index contributed by atoms with van der Waals surface area (Å²) in [5.41, 5.74) is 3.83. The molecular formula is C22H22F3N5O4S. The van der Waals surface area contributed by atoms with Crippen LogP contribution in [0.5, 0.6) is 5.75 Å². The number of carbonyl (C=O) groups is 2. The first-order chi connectivity index (χ1) is 16.6. The smallest absolute Gasteiger partial charge is 0.488 e. The Morgan fingerprint density at radius 2 is 1.97 bits per heavy atom.